The van der Waals surface area contributed by atoms with Gasteiger partial charge in [0.05, 0.1) is 27.7 Å². The molecule has 628 valence electrons. The maximum Gasteiger partial charge on any atom is 0.472 e. The van der Waals surface area contributed by atoms with E-state index in [-0.39, 0.29) is 25.6 Å². The fourth-order valence-electron chi connectivity index (χ4n) is 14.9. The van der Waals surface area contributed by atoms with Crippen LogP contribution in [0.4, 0.5) is 0 Å². The molecule has 10 heteroatoms. The lowest BCUT2D eigenvalue weighted by atomic mass is 10.0. The summed E-state index contributed by atoms with van der Waals surface area (Å²) in [5, 5.41) is 0. The fourth-order valence-corrected chi connectivity index (χ4v) is 15.7. The van der Waals surface area contributed by atoms with Crippen LogP contribution in [0.25, 0.3) is 0 Å². The highest BCUT2D eigenvalue weighted by Gasteiger charge is 2.27. The Morgan fingerprint density at radius 2 is 0.509 bits per heavy atom. The molecule has 0 aromatic carbocycles. The van der Waals surface area contributed by atoms with Gasteiger partial charge < -0.3 is 18.9 Å². The van der Waals surface area contributed by atoms with Crippen LogP contribution >= 0.6 is 7.82 Å². The Labute approximate surface area is 662 Å². The highest BCUT2D eigenvalue weighted by molar-refractivity contribution is 7.47. The van der Waals surface area contributed by atoms with E-state index in [0.29, 0.717) is 17.4 Å². The van der Waals surface area contributed by atoms with E-state index in [2.05, 4.69) is 50.3 Å². The topological polar surface area (TPSA) is 108 Å². The number of rotatable bonds is 91. The zero-order valence-corrected chi connectivity index (χ0v) is 73.1. The lowest BCUT2D eigenvalue weighted by Crippen LogP contribution is -2.37. The number of phosphoric acid groups is 1. The number of phosphoric ester groups is 1. The number of hydrogen-bond acceptors (Lipinski definition) is 7. The van der Waals surface area contributed by atoms with Gasteiger partial charge in [0.2, 0.25) is 0 Å². The zero-order valence-electron chi connectivity index (χ0n) is 72.2. The van der Waals surface area contributed by atoms with Gasteiger partial charge in [-0.15, -0.1) is 0 Å². The molecule has 0 saturated heterocycles. The van der Waals surface area contributed by atoms with Crippen LogP contribution in [0.2, 0.25) is 0 Å². The lowest BCUT2D eigenvalue weighted by Gasteiger charge is -2.24. The summed E-state index contributed by atoms with van der Waals surface area (Å²) in [4.78, 5) is 36.1. The van der Waals surface area contributed by atoms with Crippen molar-refractivity contribution in [2.24, 2.45) is 0 Å². The normalized spacial score (nSPS) is 13.0. The Balaban J connectivity index is 3.80. The summed E-state index contributed by atoms with van der Waals surface area (Å²) in [6.07, 6.45) is 117. The number of hydrogen-bond donors (Lipinski definition) is 1. The number of likely N-dealkylation sites (N-methyl/N-ethyl adjacent to an activating group) is 1. The first kappa shape index (κ1) is 104. The SMILES string of the molecule is CCCCCCC/C=C\C/C=C\C/C=C\CCCCCCCCCCCCCCCCCCCCCCCCCCCCC(=O)OC(COC(=O)CCCCCCCCCCCCCCCCCCCCCCCCCCCCCCCCCCCCCCCCCCC)COP(=O)(O)OCC[N+](C)(C)C. The third kappa shape index (κ3) is 91.1. The first-order valence-electron chi connectivity index (χ1n) is 47.7. The predicted molar refractivity (Wildman–Crippen MR) is 464 cm³/mol. The second-order valence-electron chi connectivity index (χ2n) is 34.1. The molecular weight excluding hydrogens is 1330 g/mol. The van der Waals surface area contributed by atoms with E-state index < -0.39 is 26.5 Å². The maximum atomic E-state index is 13.0. The van der Waals surface area contributed by atoms with Crippen LogP contribution in [-0.2, 0) is 32.7 Å². The van der Waals surface area contributed by atoms with Crippen molar-refractivity contribution in [1.29, 1.82) is 0 Å². The minimum atomic E-state index is -4.40. The molecule has 0 aliphatic carbocycles. The van der Waals surface area contributed by atoms with Crippen molar-refractivity contribution in [2.75, 3.05) is 47.5 Å². The quantitative estimate of drug-likeness (QED) is 0.0211. The molecule has 0 rings (SSSR count). The molecule has 106 heavy (non-hydrogen) atoms. The van der Waals surface area contributed by atoms with Gasteiger partial charge in [-0.3, -0.25) is 18.6 Å². The smallest absolute Gasteiger partial charge is 0.462 e. The lowest BCUT2D eigenvalue weighted by molar-refractivity contribution is -0.870. The van der Waals surface area contributed by atoms with Crippen molar-refractivity contribution >= 4 is 19.8 Å². The molecule has 0 bridgehead atoms. The molecule has 1 N–H and O–H groups in total. The number of unbranched alkanes of at least 4 members (excludes halogenated alkanes) is 71. The molecule has 0 aromatic heterocycles. The highest BCUT2D eigenvalue weighted by Crippen LogP contribution is 2.43. The van der Waals surface area contributed by atoms with E-state index in [1.165, 1.54) is 437 Å². The molecule has 0 radical (unpaired) electrons. The predicted octanol–water partition coefficient (Wildman–Crippen LogP) is 32.4. The van der Waals surface area contributed by atoms with Crippen LogP contribution in [0.5, 0.6) is 0 Å². The Bertz CT molecular complexity index is 1880. The van der Waals surface area contributed by atoms with Crippen molar-refractivity contribution < 1.29 is 42.1 Å². The Morgan fingerprint density at radius 1 is 0.292 bits per heavy atom. The second-order valence-corrected chi connectivity index (χ2v) is 35.6. The van der Waals surface area contributed by atoms with E-state index in [1.807, 2.05) is 21.1 Å². The van der Waals surface area contributed by atoms with Crippen molar-refractivity contribution in [3.05, 3.63) is 36.5 Å². The molecule has 0 amide bonds. The third-order valence-corrected chi connectivity index (χ3v) is 23.2. The number of carbonyl (C=O) groups is 2. The van der Waals surface area contributed by atoms with Gasteiger partial charge in [-0.1, -0.05) is 487 Å². The van der Waals surface area contributed by atoms with E-state index in [4.69, 9.17) is 18.5 Å². The van der Waals surface area contributed by atoms with Crippen molar-refractivity contribution in [1.82, 2.24) is 0 Å². The zero-order chi connectivity index (χ0) is 76.8. The average molecular weight is 1510 g/mol. The van der Waals surface area contributed by atoms with Crippen LogP contribution in [-0.4, -0.2) is 74.9 Å². The Morgan fingerprint density at radius 3 is 0.755 bits per heavy atom. The molecule has 0 aromatic rings. The second kappa shape index (κ2) is 87.2. The monoisotopic (exact) mass is 1510 g/mol. The first-order valence-corrected chi connectivity index (χ1v) is 49.2. The Kier molecular flexibility index (Phi) is 85.7. The van der Waals surface area contributed by atoms with E-state index in [9.17, 15) is 19.0 Å². The minimum Gasteiger partial charge on any atom is -0.462 e. The van der Waals surface area contributed by atoms with Gasteiger partial charge in [-0.05, 0) is 51.4 Å². The van der Waals surface area contributed by atoms with E-state index in [0.717, 1.165) is 51.4 Å². The molecule has 2 atom stereocenters. The van der Waals surface area contributed by atoms with Crippen LogP contribution in [0.3, 0.4) is 0 Å². The molecule has 0 fully saturated rings. The maximum absolute atomic E-state index is 13.0. The average Bonchev–Trinajstić information content (AvgIpc) is 0.908. The van der Waals surface area contributed by atoms with Gasteiger partial charge in [0.15, 0.2) is 6.10 Å². The number of quaternary nitrogens is 1. The standard InChI is InChI=1S/C96H186NO8P/c1-6-8-10-12-14-16-18-20-22-24-26-28-30-32-34-36-38-40-42-44-46-48-50-52-54-56-58-60-62-64-66-68-70-72-74-76-78-80-82-84-86-88-95(98)102-92-94(93-104-106(100,101)103-91-90-97(3,4)5)105-96(99)89-87-85-83-81-79-77-75-73-71-69-67-65-63-61-59-57-55-53-51-49-47-45-43-41-39-37-35-33-31-29-27-25-23-21-19-17-15-13-11-9-7-2/h19,21,25,27,31,33,94H,6-18,20,22-24,26,28-30,32,34-93H2,1-5H3/p+1/b21-19-,27-25-,33-31-. The van der Waals surface area contributed by atoms with Gasteiger partial charge >= 0.3 is 19.8 Å². The summed E-state index contributed by atoms with van der Waals surface area (Å²) in [5.41, 5.74) is 0. The number of nitrogens with zero attached hydrogens (tertiary/aromatic N) is 1. The van der Waals surface area contributed by atoms with Crippen LogP contribution in [0, 0.1) is 0 Å². The van der Waals surface area contributed by atoms with E-state index in [1.54, 1.807) is 0 Å². The molecule has 0 aliphatic rings. The molecule has 2 unspecified atom stereocenters. The van der Waals surface area contributed by atoms with Crippen LogP contribution in [0.1, 0.15) is 515 Å². The fraction of sp³-hybridized carbons (Fsp3) is 0.917. The van der Waals surface area contributed by atoms with Gasteiger partial charge in [-0.2, -0.15) is 0 Å². The van der Waals surface area contributed by atoms with Crippen molar-refractivity contribution in [3.63, 3.8) is 0 Å². The highest BCUT2D eigenvalue weighted by atomic mass is 31.2. The largest absolute Gasteiger partial charge is 0.472 e. The summed E-state index contributed by atoms with van der Waals surface area (Å²) in [5.74, 6) is -0.765. The minimum absolute atomic E-state index is 0.0362. The number of ether oxygens (including phenoxy) is 2. The van der Waals surface area contributed by atoms with E-state index >= 15 is 0 Å². The third-order valence-electron chi connectivity index (χ3n) is 22.2. The first-order chi connectivity index (χ1) is 52.0. The van der Waals surface area contributed by atoms with Gasteiger partial charge in [0.25, 0.3) is 0 Å². The van der Waals surface area contributed by atoms with Gasteiger partial charge in [-0.25, -0.2) is 4.57 Å². The number of allylic oxidation sites excluding steroid dienone is 6. The summed E-state index contributed by atoms with van der Waals surface area (Å²) >= 11 is 0. The Hall–Kier alpha value is -1.77. The van der Waals surface area contributed by atoms with Crippen molar-refractivity contribution in [2.45, 2.75) is 521 Å². The summed E-state index contributed by atoms with van der Waals surface area (Å²) < 4.78 is 34.9. The summed E-state index contributed by atoms with van der Waals surface area (Å²) in [7, 11) is 1.51. The number of esters is 2. The molecule has 0 heterocycles. The molecule has 9 nitrogen and oxygen atoms in total. The molecule has 0 saturated carbocycles. The summed E-state index contributed by atoms with van der Waals surface area (Å²) in [6.45, 7) is 4.52. The van der Waals surface area contributed by atoms with Crippen molar-refractivity contribution in [3.8, 4) is 0 Å². The van der Waals surface area contributed by atoms with Gasteiger partial charge in [0, 0.05) is 12.8 Å². The van der Waals surface area contributed by atoms with Gasteiger partial charge in [0.1, 0.15) is 19.8 Å². The van der Waals surface area contributed by atoms with Crippen LogP contribution < -0.4 is 0 Å². The molecule has 0 spiro atoms. The molecule has 0 aliphatic heterocycles. The number of carbonyl (C=O) groups excluding carboxylic acids is 2. The van der Waals surface area contributed by atoms with Crippen LogP contribution in [0.15, 0.2) is 36.5 Å². The summed E-state index contributed by atoms with van der Waals surface area (Å²) in [6, 6.07) is 0. The molecular formula is C96H187NO8P+.